The molecule has 2 aromatic rings. The molecule has 0 bridgehead atoms. The normalized spacial score (nSPS) is 18.3. The third-order valence-electron chi connectivity index (χ3n) is 4.02. The van der Waals surface area contributed by atoms with E-state index in [9.17, 15) is 0 Å². The standard InChI is InChI=1S/C18H19N3/c19-12-11-18-15-20(16-7-3-1-4-8-16)13-14-21(18)17-9-5-2-6-10-17/h1-10,18H,11,13-15H2. The van der Waals surface area contributed by atoms with Crippen LogP contribution in [0.1, 0.15) is 6.42 Å². The number of benzene rings is 2. The van der Waals surface area contributed by atoms with Gasteiger partial charge >= 0.3 is 0 Å². The van der Waals surface area contributed by atoms with E-state index in [2.05, 4.69) is 64.4 Å². The minimum absolute atomic E-state index is 0.242. The Hall–Kier alpha value is -2.47. The zero-order chi connectivity index (χ0) is 14.5. The number of para-hydroxylation sites is 2. The van der Waals surface area contributed by atoms with Crippen molar-refractivity contribution >= 4 is 11.4 Å². The molecular weight excluding hydrogens is 258 g/mol. The first-order chi connectivity index (χ1) is 10.4. The Bertz CT molecular complexity index is 603. The van der Waals surface area contributed by atoms with Crippen LogP contribution in [0.3, 0.4) is 0 Å². The van der Waals surface area contributed by atoms with Crippen LogP contribution in [0.5, 0.6) is 0 Å². The Labute approximate surface area is 126 Å². The van der Waals surface area contributed by atoms with Crippen molar-refractivity contribution in [3.63, 3.8) is 0 Å². The second kappa shape index (κ2) is 6.32. The molecule has 21 heavy (non-hydrogen) atoms. The molecular formula is C18H19N3. The average Bonchev–Trinajstić information content (AvgIpc) is 2.57. The van der Waals surface area contributed by atoms with Crippen LogP contribution in [0.25, 0.3) is 0 Å². The minimum Gasteiger partial charge on any atom is -0.368 e. The topological polar surface area (TPSA) is 30.3 Å². The molecule has 1 atom stereocenters. The lowest BCUT2D eigenvalue weighted by atomic mass is 10.1. The van der Waals surface area contributed by atoms with E-state index >= 15 is 0 Å². The Morgan fingerprint density at radius 1 is 0.905 bits per heavy atom. The van der Waals surface area contributed by atoms with E-state index in [0.717, 1.165) is 19.6 Å². The van der Waals surface area contributed by atoms with Crippen LogP contribution in [0.4, 0.5) is 11.4 Å². The number of hydrogen-bond acceptors (Lipinski definition) is 3. The summed E-state index contributed by atoms with van der Waals surface area (Å²) in [5.41, 5.74) is 2.46. The van der Waals surface area contributed by atoms with Gasteiger partial charge < -0.3 is 9.80 Å². The highest BCUT2D eigenvalue weighted by Crippen LogP contribution is 2.25. The summed E-state index contributed by atoms with van der Waals surface area (Å²) >= 11 is 0. The summed E-state index contributed by atoms with van der Waals surface area (Å²) in [6, 6.07) is 23.4. The van der Waals surface area contributed by atoms with Gasteiger partial charge in [0.25, 0.3) is 0 Å². The maximum absolute atomic E-state index is 9.14. The van der Waals surface area contributed by atoms with Crippen molar-refractivity contribution in [2.24, 2.45) is 0 Å². The molecule has 1 saturated heterocycles. The predicted molar refractivity (Wildman–Crippen MR) is 86.5 cm³/mol. The predicted octanol–water partition coefficient (Wildman–Crippen LogP) is 3.30. The molecule has 0 saturated carbocycles. The van der Waals surface area contributed by atoms with Crippen LogP contribution >= 0.6 is 0 Å². The second-order valence-electron chi connectivity index (χ2n) is 5.33. The van der Waals surface area contributed by atoms with Crippen LogP contribution in [-0.4, -0.2) is 25.7 Å². The molecule has 0 amide bonds. The fourth-order valence-electron chi connectivity index (χ4n) is 2.97. The van der Waals surface area contributed by atoms with Crippen molar-refractivity contribution in [1.82, 2.24) is 0 Å². The molecule has 0 radical (unpaired) electrons. The highest BCUT2D eigenvalue weighted by Gasteiger charge is 2.27. The Balaban J connectivity index is 1.79. The van der Waals surface area contributed by atoms with Gasteiger partial charge in [0.15, 0.2) is 0 Å². The molecule has 0 aliphatic carbocycles. The van der Waals surface area contributed by atoms with Crippen LogP contribution in [0, 0.1) is 11.3 Å². The second-order valence-corrected chi connectivity index (χ2v) is 5.33. The molecule has 1 heterocycles. The first-order valence-electron chi connectivity index (χ1n) is 7.37. The Morgan fingerprint density at radius 2 is 1.52 bits per heavy atom. The highest BCUT2D eigenvalue weighted by molar-refractivity contribution is 5.53. The summed E-state index contributed by atoms with van der Waals surface area (Å²) in [7, 11) is 0. The van der Waals surface area contributed by atoms with Crippen molar-refractivity contribution in [1.29, 1.82) is 5.26 Å². The first-order valence-corrected chi connectivity index (χ1v) is 7.37. The minimum atomic E-state index is 0.242. The molecule has 106 valence electrons. The van der Waals surface area contributed by atoms with Crippen LogP contribution in [0.15, 0.2) is 60.7 Å². The molecule has 0 spiro atoms. The highest BCUT2D eigenvalue weighted by atomic mass is 15.3. The zero-order valence-electron chi connectivity index (χ0n) is 12.0. The van der Waals surface area contributed by atoms with Crippen LogP contribution < -0.4 is 9.80 Å². The maximum atomic E-state index is 9.14. The Morgan fingerprint density at radius 3 is 2.14 bits per heavy atom. The SMILES string of the molecule is N#CCC1CN(c2ccccc2)CCN1c1ccccc1. The lowest BCUT2D eigenvalue weighted by molar-refractivity contribution is 0.527. The van der Waals surface area contributed by atoms with Gasteiger partial charge in [-0.25, -0.2) is 0 Å². The van der Waals surface area contributed by atoms with Crippen molar-refractivity contribution in [2.75, 3.05) is 29.4 Å². The zero-order valence-corrected chi connectivity index (χ0v) is 12.0. The van der Waals surface area contributed by atoms with E-state index in [0.29, 0.717) is 6.42 Å². The van der Waals surface area contributed by atoms with Crippen LogP contribution in [-0.2, 0) is 0 Å². The molecule has 1 aliphatic rings. The number of nitriles is 1. The molecule has 0 N–H and O–H groups in total. The number of piperazine rings is 1. The third kappa shape index (κ3) is 3.00. The number of hydrogen-bond donors (Lipinski definition) is 0. The largest absolute Gasteiger partial charge is 0.368 e. The number of rotatable bonds is 3. The van der Waals surface area contributed by atoms with Gasteiger partial charge in [0.1, 0.15) is 0 Å². The molecule has 0 aromatic heterocycles. The van der Waals surface area contributed by atoms with Gasteiger partial charge in [0.2, 0.25) is 0 Å². The summed E-state index contributed by atoms with van der Waals surface area (Å²) in [6.45, 7) is 2.83. The first kappa shape index (κ1) is 13.5. The van der Waals surface area contributed by atoms with E-state index in [1.807, 2.05) is 12.1 Å². The summed E-state index contributed by atoms with van der Waals surface area (Å²) in [6.07, 6.45) is 0.554. The monoisotopic (exact) mass is 277 g/mol. The van der Waals surface area contributed by atoms with Crippen molar-refractivity contribution in [3.8, 4) is 6.07 Å². The summed E-state index contributed by atoms with van der Waals surface area (Å²) < 4.78 is 0. The molecule has 1 fully saturated rings. The van der Waals surface area contributed by atoms with Gasteiger partial charge in [0, 0.05) is 31.0 Å². The Kier molecular flexibility index (Phi) is 4.07. The van der Waals surface area contributed by atoms with E-state index in [4.69, 9.17) is 5.26 Å². The lowest BCUT2D eigenvalue weighted by Gasteiger charge is -2.43. The van der Waals surface area contributed by atoms with E-state index in [1.165, 1.54) is 11.4 Å². The van der Waals surface area contributed by atoms with Gasteiger partial charge in [-0.1, -0.05) is 36.4 Å². The van der Waals surface area contributed by atoms with E-state index in [-0.39, 0.29) is 6.04 Å². The van der Waals surface area contributed by atoms with Gasteiger partial charge in [-0.15, -0.1) is 0 Å². The molecule has 1 aliphatic heterocycles. The fourth-order valence-corrected chi connectivity index (χ4v) is 2.97. The summed E-state index contributed by atoms with van der Waals surface area (Å²) in [5.74, 6) is 0. The summed E-state index contributed by atoms with van der Waals surface area (Å²) in [5, 5.41) is 9.14. The van der Waals surface area contributed by atoms with E-state index in [1.54, 1.807) is 0 Å². The third-order valence-corrected chi connectivity index (χ3v) is 4.02. The average molecular weight is 277 g/mol. The van der Waals surface area contributed by atoms with Gasteiger partial charge in [-0.05, 0) is 24.3 Å². The number of anilines is 2. The number of nitrogens with zero attached hydrogens (tertiary/aromatic N) is 3. The fraction of sp³-hybridized carbons (Fsp3) is 0.278. The van der Waals surface area contributed by atoms with Gasteiger partial charge in [-0.2, -0.15) is 5.26 Å². The van der Waals surface area contributed by atoms with Gasteiger partial charge in [-0.3, -0.25) is 0 Å². The lowest BCUT2D eigenvalue weighted by Crippen LogP contribution is -2.53. The molecule has 3 rings (SSSR count). The van der Waals surface area contributed by atoms with Crippen molar-refractivity contribution < 1.29 is 0 Å². The molecule has 3 heteroatoms. The smallest absolute Gasteiger partial charge is 0.0644 e. The quantitative estimate of drug-likeness (QED) is 0.862. The van der Waals surface area contributed by atoms with Gasteiger partial charge in [0.05, 0.1) is 18.5 Å². The van der Waals surface area contributed by atoms with E-state index < -0.39 is 0 Å². The maximum Gasteiger partial charge on any atom is 0.0644 e. The van der Waals surface area contributed by atoms with Crippen molar-refractivity contribution in [3.05, 3.63) is 60.7 Å². The van der Waals surface area contributed by atoms with Crippen molar-refractivity contribution in [2.45, 2.75) is 12.5 Å². The molecule has 2 aromatic carbocycles. The molecule has 1 unspecified atom stereocenters. The summed E-state index contributed by atoms with van der Waals surface area (Å²) in [4.78, 5) is 4.74. The van der Waals surface area contributed by atoms with Crippen LogP contribution in [0.2, 0.25) is 0 Å². The molecule has 3 nitrogen and oxygen atoms in total.